The number of nitrogens with one attached hydrogen (secondary N) is 2. The zero-order chi connectivity index (χ0) is 20.9. The van der Waals surface area contributed by atoms with E-state index in [0.29, 0.717) is 6.04 Å². The van der Waals surface area contributed by atoms with Crippen molar-refractivity contribution < 1.29 is 9.90 Å². The maximum Gasteiger partial charge on any atom is 0.248 e. The van der Waals surface area contributed by atoms with Crippen LogP contribution >= 0.6 is 0 Å². The molecular formula is C23H27N5O2. The number of aromatic nitrogens is 3. The van der Waals surface area contributed by atoms with Crippen LogP contribution in [0.5, 0.6) is 0 Å². The SMILES string of the molecule is C[C@@H](C(=O)Nc1ccc(C[C@@H]2CC[C@H]([C@H](O)c3cccnc3)N2)cc1)n1cccn1. The third-order valence-electron chi connectivity index (χ3n) is 5.69. The van der Waals surface area contributed by atoms with Gasteiger partial charge >= 0.3 is 0 Å². The van der Waals surface area contributed by atoms with E-state index < -0.39 is 6.10 Å². The minimum Gasteiger partial charge on any atom is -0.387 e. The summed E-state index contributed by atoms with van der Waals surface area (Å²) in [4.78, 5) is 16.5. The number of carbonyl (C=O) groups excluding carboxylic acids is 1. The number of carbonyl (C=O) groups is 1. The van der Waals surface area contributed by atoms with Gasteiger partial charge in [-0.2, -0.15) is 5.10 Å². The fourth-order valence-electron chi connectivity index (χ4n) is 3.93. The van der Waals surface area contributed by atoms with Gasteiger partial charge in [0.1, 0.15) is 6.04 Å². The quantitative estimate of drug-likeness (QED) is 0.562. The minimum atomic E-state index is -0.543. The van der Waals surface area contributed by atoms with Crippen LogP contribution in [-0.2, 0) is 11.2 Å². The van der Waals surface area contributed by atoms with Crippen LogP contribution in [0.15, 0.2) is 67.3 Å². The molecule has 1 aliphatic rings. The van der Waals surface area contributed by atoms with E-state index in [1.54, 1.807) is 35.5 Å². The summed E-state index contributed by atoms with van der Waals surface area (Å²) < 4.78 is 1.63. The summed E-state index contributed by atoms with van der Waals surface area (Å²) in [5.41, 5.74) is 2.81. The number of benzene rings is 1. The summed E-state index contributed by atoms with van der Waals surface area (Å²) in [5.74, 6) is -0.101. The third-order valence-corrected chi connectivity index (χ3v) is 5.69. The van der Waals surface area contributed by atoms with E-state index in [1.165, 1.54) is 5.56 Å². The largest absolute Gasteiger partial charge is 0.387 e. The van der Waals surface area contributed by atoms with E-state index in [2.05, 4.69) is 20.7 Å². The van der Waals surface area contributed by atoms with E-state index in [4.69, 9.17) is 0 Å². The smallest absolute Gasteiger partial charge is 0.248 e. The molecule has 3 N–H and O–H groups in total. The molecule has 0 aliphatic carbocycles. The average molecular weight is 406 g/mol. The molecule has 7 heteroatoms. The molecule has 0 unspecified atom stereocenters. The van der Waals surface area contributed by atoms with Gasteiger partial charge < -0.3 is 15.7 Å². The highest BCUT2D eigenvalue weighted by molar-refractivity contribution is 5.93. The van der Waals surface area contributed by atoms with Crippen molar-refractivity contribution in [2.75, 3.05) is 5.32 Å². The first-order chi connectivity index (χ1) is 14.6. The monoisotopic (exact) mass is 405 g/mol. The molecule has 0 radical (unpaired) electrons. The van der Waals surface area contributed by atoms with Gasteiger partial charge in [-0.05, 0) is 56.0 Å². The van der Waals surface area contributed by atoms with Crippen LogP contribution in [0.2, 0.25) is 0 Å². The highest BCUT2D eigenvalue weighted by atomic mass is 16.3. The van der Waals surface area contributed by atoms with E-state index in [9.17, 15) is 9.90 Å². The van der Waals surface area contributed by atoms with Crippen molar-refractivity contribution >= 4 is 11.6 Å². The second-order valence-corrected chi connectivity index (χ2v) is 7.83. The Bertz CT molecular complexity index is 943. The molecule has 0 saturated carbocycles. The molecule has 3 heterocycles. The summed E-state index contributed by atoms with van der Waals surface area (Å²) in [7, 11) is 0. The Labute approximate surface area is 176 Å². The van der Waals surface area contributed by atoms with Crippen LogP contribution in [0.3, 0.4) is 0 Å². The minimum absolute atomic E-state index is 0.0431. The number of hydrogen-bond donors (Lipinski definition) is 3. The van der Waals surface area contributed by atoms with Gasteiger partial charge in [-0.25, -0.2) is 0 Å². The highest BCUT2D eigenvalue weighted by Crippen LogP contribution is 2.26. The molecule has 30 heavy (non-hydrogen) atoms. The van der Waals surface area contributed by atoms with Gasteiger partial charge in [0.25, 0.3) is 0 Å². The number of aliphatic hydroxyl groups excluding tert-OH is 1. The Balaban J connectivity index is 1.29. The van der Waals surface area contributed by atoms with Crippen LogP contribution in [-0.4, -0.2) is 37.9 Å². The Morgan fingerprint density at radius 2 is 2.07 bits per heavy atom. The molecule has 3 aromatic rings. The number of anilines is 1. The summed E-state index contributed by atoms with van der Waals surface area (Å²) >= 11 is 0. The lowest BCUT2D eigenvalue weighted by Gasteiger charge is -2.20. The van der Waals surface area contributed by atoms with Crippen LogP contribution in [0.1, 0.15) is 43.0 Å². The van der Waals surface area contributed by atoms with Crippen molar-refractivity contribution in [3.05, 3.63) is 78.4 Å². The van der Waals surface area contributed by atoms with Gasteiger partial charge in [-0.1, -0.05) is 18.2 Å². The standard InChI is InChI=1S/C23H27N5O2/c1-16(28-13-3-12-25-28)23(30)27-19-7-5-17(6-8-19)14-20-9-10-21(26-20)22(29)18-4-2-11-24-15-18/h2-8,11-13,15-16,20-22,26,29H,9-10,14H2,1H3,(H,27,30)/t16-,20-,21+,22+/m0/s1. The maximum atomic E-state index is 12.4. The Hall–Kier alpha value is -3.03. The lowest BCUT2D eigenvalue weighted by molar-refractivity contribution is -0.119. The van der Waals surface area contributed by atoms with Crippen LogP contribution < -0.4 is 10.6 Å². The molecule has 1 saturated heterocycles. The number of rotatable bonds is 7. The lowest BCUT2D eigenvalue weighted by Crippen LogP contribution is -2.35. The molecular weight excluding hydrogens is 378 g/mol. The molecule has 156 valence electrons. The fraction of sp³-hybridized carbons (Fsp3) is 0.348. The van der Waals surface area contributed by atoms with Gasteiger partial charge in [-0.3, -0.25) is 14.5 Å². The molecule has 2 aromatic heterocycles. The molecule has 0 bridgehead atoms. The number of pyridine rings is 1. The second kappa shape index (κ2) is 9.19. The highest BCUT2D eigenvalue weighted by Gasteiger charge is 2.30. The first-order valence-electron chi connectivity index (χ1n) is 10.3. The molecule has 4 rings (SSSR count). The first kappa shape index (κ1) is 20.3. The lowest BCUT2D eigenvalue weighted by atomic mass is 10.0. The first-order valence-corrected chi connectivity index (χ1v) is 10.3. The second-order valence-electron chi connectivity index (χ2n) is 7.83. The predicted octanol–water partition coefficient (Wildman–Crippen LogP) is 2.87. The van der Waals surface area contributed by atoms with Gasteiger partial charge in [-0.15, -0.1) is 0 Å². The molecule has 7 nitrogen and oxygen atoms in total. The zero-order valence-electron chi connectivity index (χ0n) is 17.0. The summed E-state index contributed by atoms with van der Waals surface area (Å²) in [6, 6.07) is 13.5. The van der Waals surface area contributed by atoms with Gasteiger partial charge in [0.15, 0.2) is 0 Å². The van der Waals surface area contributed by atoms with E-state index in [1.807, 2.05) is 43.3 Å². The Morgan fingerprint density at radius 1 is 1.23 bits per heavy atom. The Kier molecular flexibility index (Phi) is 6.21. The normalized spacial score (nSPS) is 20.6. The molecule has 1 fully saturated rings. The van der Waals surface area contributed by atoms with Gasteiger partial charge in [0.05, 0.1) is 6.10 Å². The summed E-state index contributed by atoms with van der Waals surface area (Å²) in [6.45, 7) is 1.82. The number of nitrogens with zero attached hydrogens (tertiary/aromatic N) is 3. The van der Waals surface area contributed by atoms with E-state index in [0.717, 1.165) is 30.5 Å². The van der Waals surface area contributed by atoms with Gasteiger partial charge in [0, 0.05) is 48.1 Å². The molecule has 0 spiro atoms. The van der Waals surface area contributed by atoms with Crippen molar-refractivity contribution in [1.29, 1.82) is 0 Å². The van der Waals surface area contributed by atoms with Crippen LogP contribution in [0.25, 0.3) is 0 Å². The van der Waals surface area contributed by atoms with Crippen molar-refractivity contribution in [2.45, 2.75) is 50.4 Å². The number of hydrogen-bond acceptors (Lipinski definition) is 5. The van der Waals surface area contributed by atoms with Crippen molar-refractivity contribution in [3.63, 3.8) is 0 Å². The summed E-state index contributed by atoms with van der Waals surface area (Å²) in [5, 5.41) is 21.2. The molecule has 4 atom stereocenters. The maximum absolute atomic E-state index is 12.4. The fourth-order valence-corrected chi connectivity index (χ4v) is 3.93. The predicted molar refractivity (Wildman–Crippen MR) is 115 cm³/mol. The molecule has 1 amide bonds. The molecule has 1 aliphatic heterocycles. The van der Waals surface area contributed by atoms with Crippen molar-refractivity contribution in [1.82, 2.24) is 20.1 Å². The zero-order valence-corrected chi connectivity index (χ0v) is 17.0. The third kappa shape index (κ3) is 4.75. The molecule has 1 aromatic carbocycles. The number of amides is 1. The van der Waals surface area contributed by atoms with E-state index in [-0.39, 0.29) is 18.0 Å². The van der Waals surface area contributed by atoms with E-state index >= 15 is 0 Å². The van der Waals surface area contributed by atoms with Crippen LogP contribution in [0.4, 0.5) is 5.69 Å². The Morgan fingerprint density at radius 3 is 2.77 bits per heavy atom. The van der Waals surface area contributed by atoms with Crippen LogP contribution in [0, 0.1) is 0 Å². The van der Waals surface area contributed by atoms with Crippen molar-refractivity contribution in [3.8, 4) is 0 Å². The topological polar surface area (TPSA) is 92.1 Å². The van der Waals surface area contributed by atoms with Crippen molar-refractivity contribution in [2.24, 2.45) is 0 Å². The summed E-state index contributed by atoms with van der Waals surface area (Å²) in [6.07, 6.45) is 9.16. The van der Waals surface area contributed by atoms with Gasteiger partial charge in [0.2, 0.25) is 5.91 Å². The number of aliphatic hydroxyl groups is 1. The average Bonchev–Trinajstić information content (AvgIpc) is 3.47.